The number of Topliss-reactive ketones (excluding diaryl/α,β-unsaturated/α-hetero) is 1. The molecular formula is C23H21NO5. The van der Waals surface area contributed by atoms with Crippen molar-refractivity contribution in [2.45, 2.75) is 13.8 Å². The van der Waals surface area contributed by atoms with Crippen LogP contribution in [-0.4, -0.2) is 36.3 Å². The molecule has 148 valence electrons. The smallest absolute Gasteiger partial charge is 0.338 e. The van der Waals surface area contributed by atoms with E-state index in [0.717, 1.165) is 22.8 Å². The number of esters is 1. The maximum absolute atomic E-state index is 12.6. The van der Waals surface area contributed by atoms with Crippen LogP contribution in [0, 0.1) is 13.8 Å². The predicted molar refractivity (Wildman–Crippen MR) is 108 cm³/mol. The number of ether oxygens (including phenoxy) is 2. The molecule has 0 aliphatic carbocycles. The summed E-state index contributed by atoms with van der Waals surface area (Å²) in [6.45, 7) is 3.40. The normalized spacial score (nSPS) is 10.4. The second-order valence-corrected chi connectivity index (χ2v) is 6.56. The molecule has 0 aliphatic rings. The zero-order valence-corrected chi connectivity index (χ0v) is 16.5. The monoisotopic (exact) mass is 391 g/mol. The maximum Gasteiger partial charge on any atom is 0.338 e. The molecule has 6 nitrogen and oxygen atoms in total. The van der Waals surface area contributed by atoms with Gasteiger partial charge in [-0.05, 0) is 56.3 Å². The first-order valence-electron chi connectivity index (χ1n) is 9.03. The van der Waals surface area contributed by atoms with Crippen LogP contribution in [0.15, 0.2) is 54.6 Å². The minimum Gasteiger partial charge on any atom is -0.497 e. The summed E-state index contributed by atoms with van der Waals surface area (Å²) in [5, 5.41) is 0. The van der Waals surface area contributed by atoms with Gasteiger partial charge in [0.25, 0.3) is 0 Å². The lowest BCUT2D eigenvalue weighted by Crippen LogP contribution is -2.15. The molecule has 0 radical (unpaired) electrons. The Morgan fingerprint density at radius 2 is 1.66 bits per heavy atom. The maximum atomic E-state index is 12.6. The van der Waals surface area contributed by atoms with Crippen LogP contribution >= 0.6 is 0 Å². The van der Waals surface area contributed by atoms with Crippen LogP contribution in [0.4, 0.5) is 0 Å². The van der Waals surface area contributed by atoms with Crippen molar-refractivity contribution in [1.29, 1.82) is 0 Å². The molecule has 0 spiro atoms. The molecule has 2 aromatic carbocycles. The van der Waals surface area contributed by atoms with Gasteiger partial charge in [-0.2, -0.15) is 0 Å². The minimum absolute atomic E-state index is 0.282. The third-order valence-corrected chi connectivity index (χ3v) is 4.68. The molecule has 0 aliphatic heterocycles. The van der Waals surface area contributed by atoms with E-state index in [9.17, 15) is 14.4 Å². The summed E-state index contributed by atoms with van der Waals surface area (Å²) in [7, 11) is 1.61. The molecular weight excluding hydrogens is 370 g/mol. The Morgan fingerprint density at radius 3 is 2.24 bits per heavy atom. The lowest BCUT2D eigenvalue weighted by Gasteiger charge is -2.11. The minimum atomic E-state index is -0.611. The van der Waals surface area contributed by atoms with E-state index in [0.29, 0.717) is 17.4 Å². The van der Waals surface area contributed by atoms with E-state index in [1.165, 1.54) is 24.3 Å². The number of benzene rings is 2. The first-order chi connectivity index (χ1) is 13.9. The van der Waals surface area contributed by atoms with Crippen molar-refractivity contribution >= 4 is 18.0 Å². The number of hydrogen-bond donors (Lipinski definition) is 0. The van der Waals surface area contributed by atoms with Crippen molar-refractivity contribution in [1.82, 2.24) is 4.57 Å². The second-order valence-electron chi connectivity index (χ2n) is 6.56. The fourth-order valence-corrected chi connectivity index (χ4v) is 3.16. The summed E-state index contributed by atoms with van der Waals surface area (Å²) >= 11 is 0. The molecule has 0 unspecified atom stereocenters. The molecule has 0 saturated heterocycles. The van der Waals surface area contributed by atoms with E-state index < -0.39 is 5.97 Å². The molecule has 0 saturated carbocycles. The number of aromatic nitrogens is 1. The Hall–Kier alpha value is -3.67. The zero-order chi connectivity index (χ0) is 21.0. The quantitative estimate of drug-likeness (QED) is 0.346. The molecule has 6 heteroatoms. The highest BCUT2D eigenvalue weighted by Gasteiger charge is 2.18. The molecule has 29 heavy (non-hydrogen) atoms. The van der Waals surface area contributed by atoms with Crippen LogP contribution in [0.25, 0.3) is 5.69 Å². The number of carbonyl (C=O) groups is 3. The Bertz CT molecular complexity index is 1050. The predicted octanol–water partition coefficient (Wildman–Crippen LogP) is 3.95. The van der Waals surface area contributed by atoms with E-state index in [-0.39, 0.29) is 18.0 Å². The van der Waals surface area contributed by atoms with E-state index >= 15 is 0 Å². The molecule has 0 atom stereocenters. The lowest BCUT2D eigenvalue weighted by atomic mass is 10.1. The highest BCUT2D eigenvalue weighted by molar-refractivity contribution is 6.00. The average Bonchev–Trinajstić information content (AvgIpc) is 3.05. The number of nitrogens with zero attached hydrogens (tertiary/aromatic N) is 1. The Morgan fingerprint density at radius 1 is 1.00 bits per heavy atom. The third-order valence-electron chi connectivity index (χ3n) is 4.68. The second kappa shape index (κ2) is 8.56. The molecule has 3 aromatic rings. The first-order valence-corrected chi connectivity index (χ1v) is 9.03. The fraction of sp³-hybridized carbons (Fsp3) is 0.174. The average molecular weight is 391 g/mol. The topological polar surface area (TPSA) is 74.6 Å². The summed E-state index contributed by atoms with van der Waals surface area (Å²) in [6.07, 6.45) is 0.692. The van der Waals surface area contributed by atoms with E-state index in [4.69, 9.17) is 9.47 Å². The SMILES string of the molecule is COc1ccc(-n2c(C)cc(C(=O)COC(=O)c3ccc(C=O)cc3)c2C)cc1. The van der Waals surface area contributed by atoms with Crippen molar-refractivity contribution in [2.24, 2.45) is 0 Å². The van der Waals surface area contributed by atoms with Gasteiger partial charge in [0.2, 0.25) is 5.78 Å². The molecule has 1 aromatic heterocycles. The van der Waals surface area contributed by atoms with Crippen molar-refractivity contribution in [3.05, 3.63) is 82.7 Å². The lowest BCUT2D eigenvalue weighted by molar-refractivity contribution is 0.0474. The van der Waals surface area contributed by atoms with Crippen LogP contribution in [0.3, 0.4) is 0 Å². The Balaban J connectivity index is 1.73. The molecule has 0 amide bonds. The number of aryl methyl sites for hydroxylation is 1. The van der Waals surface area contributed by atoms with Crippen molar-refractivity contribution in [2.75, 3.05) is 13.7 Å². The summed E-state index contributed by atoms with van der Waals surface area (Å²) in [6, 6.07) is 15.3. The van der Waals surface area contributed by atoms with Gasteiger partial charge in [-0.3, -0.25) is 9.59 Å². The van der Waals surface area contributed by atoms with E-state index in [1.54, 1.807) is 13.2 Å². The van der Waals surface area contributed by atoms with Crippen LogP contribution in [0.1, 0.15) is 42.5 Å². The summed E-state index contributed by atoms with van der Waals surface area (Å²) in [5.74, 6) is -0.143. The van der Waals surface area contributed by atoms with E-state index in [2.05, 4.69) is 0 Å². The Kier molecular flexibility index (Phi) is 5.93. The van der Waals surface area contributed by atoms with Gasteiger partial charge in [-0.15, -0.1) is 0 Å². The van der Waals surface area contributed by atoms with Crippen LogP contribution in [0.2, 0.25) is 0 Å². The van der Waals surface area contributed by atoms with Gasteiger partial charge in [0.05, 0.1) is 12.7 Å². The van der Waals surface area contributed by atoms with Crippen LogP contribution < -0.4 is 4.74 Å². The van der Waals surface area contributed by atoms with Gasteiger partial charge in [-0.25, -0.2) is 4.79 Å². The van der Waals surface area contributed by atoms with Crippen molar-refractivity contribution < 1.29 is 23.9 Å². The summed E-state index contributed by atoms with van der Waals surface area (Å²) in [5.41, 5.74) is 3.82. The van der Waals surface area contributed by atoms with Gasteiger partial charge in [0.1, 0.15) is 12.0 Å². The summed E-state index contributed by atoms with van der Waals surface area (Å²) in [4.78, 5) is 35.5. The highest BCUT2D eigenvalue weighted by atomic mass is 16.5. The fourth-order valence-electron chi connectivity index (χ4n) is 3.16. The number of ketones is 1. The summed E-state index contributed by atoms with van der Waals surface area (Å²) < 4.78 is 12.3. The first kappa shape index (κ1) is 20.1. The number of hydrogen-bond acceptors (Lipinski definition) is 5. The largest absolute Gasteiger partial charge is 0.497 e. The Labute approximate surface area is 168 Å². The molecule has 3 rings (SSSR count). The van der Waals surface area contributed by atoms with Crippen molar-refractivity contribution in [3.8, 4) is 11.4 Å². The van der Waals surface area contributed by atoms with Gasteiger partial charge < -0.3 is 14.0 Å². The van der Waals surface area contributed by atoms with E-state index in [1.807, 2.05) is 42.7 Å². The van der Waals surface area contributed by atoms with Gasteiger partial charge in [0, 0.05) is 28.2 Å². The van der Waals surface area contributed by atoms with Crippen molar-refractivity contribution in [3.63, 3.8) is 0 Å². The third kappa shape index (κ3) is 4.27. The molecule has 0 bridgehead atoms. The van der Waals surface area contributed by atoms with Crippen LogP contribution in [-0.2, 0) is 4.74 Å². The van der Waals surface area contributed by atoms with Gasteiger partial charge in [0.15, 0.2) is 6.61 Å². The van der Waals surface area contributed by atoms with Crippen LogP contribution in [0.5, 0.6) is 5.75 Å². The number of methoxy groups -OCH3 is 1. The molecule has 0 fully saturated rings. The molecule has 0 N–H and O–H groups in total. The number of carbonyl (C=O) groups excluding carboxylic acids is 3. The standard InChI is InChI=1S/C23H21NO5/c1-15-12-21(16(2)24(15)19-8-10-20(28-3)11-9-19)22(26)14-29-23(27)18-6-4-17(13-25)5-7-18/h4-13H,14H2,1-3H3. The highest BCUT2D eigenvalue weighted by Crippen LogP contribution is 2.23. The molecule has 1 heterocycles. The van der Waals surface area contributed by atoms with Gasteiger partial charge in [-0.1, -0.05) is 12.1 Å². The zero-order valence-electron chi connectivity index (χ0n) is 16.5. The van der Waals surface area contributed by atoms with Gasteiger partial charge >= 0.3 is 5.97 Å². The number of rotatable bonds is 7. The number of aldehydes is 1.